The van der Waals surface area contributed by atoms with Crippen molar-refractivity contribution in [1.29, 1.82) is 0 Å². The molecule has 5 heteroatoms. The van der Waals surface area contributed by atoms with Crippen LogP contribution in [-0.2, 0) is 4.79 Å². The maximum absolute atomic E-state index is 12.4. The molecule has 2 aromatic rings. The lowest BCUT2D eigenvalue weighted by Gasteiger charge is -2.13. The summed E-state index contributed by atoms with van der Waals surface area (Å²) in [7, 11) is 0. The van der Waals surface area contributed by atoms with Crippen LogP contribution in [-0.4, -0.2) is 15.9 Å². The highest BCUT2D eigenvalue weighted by Gasteiger charge is 2.18. The number of hydrogen-bond donors (Lipinski definition) is 1. The quantitative estimate of drug-likeness (QED) is 0.857. The highest BCUT2D eigenvalue weighted by molar-refractivity contribution is 7.22. The molecule has 0 atom stereocenters. The summed E-state index contributed by atoms with van der Waals surface area (Å²) in [4.78, 5) is 21.2. The second-order valence-corrected chi connectivity index (χ2v) is 6.51. The van der Waals surface area contributed by atoms with E-state index in [1.807, 2.05) is 13.0 Å². The maximum atomic E-state index is 12.4. The number of aromatic nitrogens is 2. The fourth-order valence-corrected chi connectivity index (χ4v) is 3.47. The molecule has 4 nitrogen and oxygen atoms in total. The van der Waals surface area contributed by atoms with Crippen molar-refractivity contribution < 1.29 is 4.79 Å². The number of amides is 1. The molecule has 0 aliphatic rings. The van der Waals surface area contributed by atoms with E-state index >= 15 is 0 Å². The summed E-state index contributed by atoms with van der Waals surface area (Å²) in [5, 5.41) is 3.64. The number of nitrogens with one attached hydrogen (secondary N) is 1. The standard InChI is InChI=1S/C16H23N3OS/c1-5-7-12(8-6-2)15(20)19-16-18-14-13(21-16)10(3)9-11(4)17-14/h9,12H,5-8H2,1-4H3,(H,17,18,19,20). The van der Waals surface area contributed by atoms with E-state index in [1.165, 1.54) is 11.3 Å². The van der Waals surface area contributed by atoms with E-state index in [9.17, 15) is 4.79 Å². The van der Waals surface area contributed by atoms with Gasteiger partial charge in [-0.1, -0.05) is 38.0 Å². The van der Waals surface area contributed by atoms with E-state index in [-0.39, 0.29) is 11.8 Å². The highest BCUT2D eigenvalue weighted by atomic mass is 32.1. The molecule has 0 unspecified atom stereocenters. The number of fused-ring (bicyclic) bond motifs is 1. The SMILES string of the molecule is CCCC(CCC)C(=O)Nc1nc2nc(C)cc(C)c2s1. The third kappa shape index (κ3) is 3.79. The van der Waals surface area contributed by atoms with Gasteiger partial charge in [0, 0.05) is 11.6 Å². The van der Waals surface area contributed by atoms with Gasteiger partial charge in [0.25, 0.3) is 0 Å². The summed E-state index contributed by atoms with van der Waals surface area (Å²) in [5.41, 5.74) is 2.85. The van der Waals surface area contributed by atoms with Gasteiger partial charge in [-0.3, -0.25) is 4.79 Å². The Bertz CT molecular complexity index is 630. The van der Waals surface area contributed by atoms with Gasteiger partial charge in [-0.05, 0) is 38.3 Å². The minimum atomic E-state index is 0.0859. The average molecular weight is 305 g/mol. The first-order chi connectivity index (χ1) is 10.0. The number of carbonyl (C=O) groups is 1. The first-order valence-corrected chi connectivity index (χ1v) is 8.42. The molecule has 0 bridgehead atoms. The number of aryl methyl sites for hydroxylation is 2. The van der Waals surface area contributed by atoms with E-state index < -0.39 is 0 Å². The Labute approximate surface area is 130 Å². The molecule has 0 aliphatic carbocycles. The number of nitrogens with zero attached hydrogens (tertiary/aromatic N) is 2. The predicted molar refractivity (Wildman–Crippen MR) is 88.8 cm³/mol. The topological polar surface area (TPSA) is 54.9 Å². The average Bonchev–Trinajstić information content (AvgIpc) is 2.81. The molecule has 2 aromatic heterocycles. The molecular formula is C16H23N3OS. The van der Waals surface area contributed by atoms with E-state index in [2.05, 4.69) is 36.1 Å². The largest absolute Gasteiger partial charge is 0.302 e. The van der Waals surface area contributed by atoms with Crippen LogP contribution in [0.1, 0.15) is 50.8 Å². The molecule has 0 aromatic carbocycles. The molecule has 2 rings (SSSR count). The van der Waals surface area contributed by atoms with Crippen LogP contribution in [0.2, 0.25) is 0 Å². The predicted octanol–water partition coefficient (Wildman–Crippen LogP) is 4.46. The van der Waals surface area contributed by atoms with Gasteiger partial charge in [0.15, 0.2) is 10.8 Å². The van der Waals surface area contributed by atoms with Gasteiger partial charge in [-0.2, -0.15) is 4.98 Å². The zero-order valence-electron chi connectivity index (χ0n) is 13.2. The van der Waals surface area contributed by atoms with Crippen LogP contribution in [0.3, 0.4) is 0 Å². The smallest absolute Gasteiger partial charge is 0.229 e. The van der Waals surface area contributed by atoms with Crippen LogP contribution in [0.25, 0.3) is 10.3 Å². The lowest BCUT2D eigenvalue weighted by molar-refractivity contribution is -0.120. The normalized spacial score (nSPS) is 11.3. The van der Waals surface area contributed by atoms with Crippen molar-refractivity contribution in [2.45, 2.75) is 53.4 Å². The van der Waals surface area contributed by atoms with Crippen LogP contribution in [0, 0.1) is 19.8 Å². The van der Waals surface area contributed by atoms with Gasteiger partial charge < -0.3 is 5.32 Å². The Hall–Kier alpha value is -1.49. The minimum Gasteiger partial charge on any atom is -0.302 e. The lowest BCUT2D eigenvalue weighted by Crippen LogP contribution is -2.22. The summed E-state index contributed by atoms with van der Waals surface area (Å²) < 4.78 is 1.05. The van der Waals surface area contributed by atoms with E-state index in [4.69, 9.17) is 0 Å². The van der Waals surface area contributed by atoms with Crippen LogP contribution in [0.5, 0.6) is 0 Å². The van der Waals surface area contributed by atoms with Gasteiger partial charge in [0.05, 0.1) is 4.70 Å². The van der Waals surface area contributed by atoms with Crippen LogP contribution < -0.4 is 5.32 Å². The van der Waals surface area contributed by atoms with Gasteiger partial charge in [0.1, 0.15) is 0 Å². The fraction of sp³-hybridized carbons (Fsp3) is 0.562. The lowest BCUT2D eigenvalue weighted by atomic mass is 9.97. The molecule has 1 N–H and O–H groups in total. The summed E-state index contributed by atoms with van der Waals surface area (Å²) in [5.74, 6) is 0.176. The Balaban J connectivity index is 2.19. The third-order valence-corrected chi connectivity index (χ3v) is 4.65. The molecule has 0 saturated carbocycles. The van der Waals surface area contributed by atoms with Crippen LogP contribution in [0.15, 0.2) is 6.07 Å². The first-order valence-electron chi connectivity index (χ1n) is 7.60. The Morgan fingerprint density at radius 1 is 1.24 bits per heavy atom. The van der Waals surface area contributed by atoms with Crippen molar-refractivity contribution >= 4 is 32.7 Å². The number of thiazole rings is 1. The molecule has 2 heterocycles. The van der Waals surface area contributed by atoms with Crippen molar-refractivity contribution in [3.8, 4) is 0 Å². The number of pyridine rings is 1. The fourth-order valence-electron chi connectivity index (χ4n) is 2.59. The van der Waals surface area contributed by atoms with Crippen molar-refractivity contribution in [3.63, 3.8) is 0 Å². The Morgan fingerprint density at radius 3 is 2.52 bits per heavy atom. The summed E-state index contributed by atoms with van der Waals surface area (Å²) >= 11 is 1.51. The van der Waals surface area contributed by atoms with Crippen LogP contribution >= 0.6 is 11.3 Å². The Kier molecular flexibility index (Phi) is 5.28. The van der Waals surface area contributed by atoms with Crippen LogP contribution in [0.4, 0.5) is 5.13 Å². The van der Waals surface area contributed by atoms with E-state index in [0.29, 0.717) is 5.13 Å². The number of carbonyl (C=O) groups excluding carboxylic acids is 1. The molecule has 0 fully saturated rings. The number of hydrogen-bond acceptors (Lipinski definition) is 4. The molecule has 1 amide bonds. The summed E-state index contributed by atoms with van der Waals surface area (Å²) in [6.07, 6.45) is 3.91. The van der Waals surface area contributed by atoms with Gasteiger partial charge in [0.2, 0.25) is 5.91 Å². The highest BCUT2D eigenvalue weighted by Crippen LogP contribution is 2.28. The van der Waals surface area contributed by atoms with E-state index in [0.717, 1.165) is 47.3 Å². The molecule has 0 spiro atoms. The monoisotopic (exact) mass is 305 g/mol. The first kappa shape index (κ1) is 15.9. The maximum Gasteiger partial charge on any atom is 0.229 e. The van der Waals surface area contributed by atoms with Gasteiger partial charge in [-0.15, -0.1) is 0 Å². The van der Waals surface area contributed by atoms with Crippen molar-refractivity contribution in [2.75, 3.05) is 5.32 Å². The molecule has 0 radical (unpaired) electrons. The molecule has 0 aliphatic heterocycles. The summed E-state index contributed by atoms with van der Waals surface area (Å²) in [6.45, 7) is 8.24. The molecule has 21 heavy (non-hydrogen) atoms. The molecule has 0 saturated heterocycles. The van der Waals surface area contributed by atoms with Gasteiger partial charge in [-0.25, -0.2) is 4.98 Å². The third-order valence-electron chi connectivity index (χ3n) is 3.55. The second kappa shape index (κ2) is 6.98. The van der Waals surface area contributed by atoms with Gasteiger partial charge >= 0.3 is 0 Å². The molecule has 114 valence electrons. The van der Waals surface area contributed by atoms with Crippen molar-refractivity contribution in [1.82, 2.24) is 9.97 Å². The van der Waals surface area contributed by atoms with Crippen molar-refractivity contribution in [3.05, 3.63) is 17.3 Å². The number of anilines is 1. The number of rotatable bonds is 6. The molecular weight excluding hydrogens is 282 g/mol. The summed E-state index contributed by atoms with van der Waals surface area (Å²) in [6, 6.07) is 2.04. The second-order valence-electron chi connectivity index (χ2n) is 5.52. The Morgan fingerprint density at radius 2 is 1.90 bits per heavy atom. The zero-order valence-corrected chi connectivity index (χ0v) is 14.0. The van der Waals surface area contributed by atoms with E-state index in [1.54, 1.807) is 0 Å². The zero-order chi connectivity index (χ0) is 15.4. The minimum absolute atomic E-state index is 0.0859. The van der Waals surface area contributed by atoms with Crippen molar-refractivity contribution in [2.24, 2.45) is 5.92 Å².